The van der Waals surface area contributed by atoms with Crippen LogP contribution in [0.1, 0.15) is 13.0 Å². The van der Waals surface area contributed by atoms with Crippen LogP contribution in [0.4, 0.5) is 0 Å². The summed E-state index contributed by atoms with van der Waals surface area (Å²) in [7, 11) is 0. The van der Waals surface area contributed by atoms with Crippen molar-refractivity contribution >= 4 is 0 Å². The Morgan fingerprint density at radius 3 is 3.00 bits per heavy atom. The van der Waals surface area contributed by atoms with Gasteiger partial charge >= 0.3 is 0 Å². The highest BCUT2D eigenvalue weighted by Gasteiger charge is 2.29. The van der Waals surface area contributed by atoms with Gasteiger partial charge in [-0.3, -0.25) is 0 Å². The molecule has 13 heavy (non-hydrogen) atoms. The summed E-state index contributed by atoms with van der Waals surface area (Å²) in [6.45, 7) is 4.03. The molecule has 2 rings (SSSR count). The Morgan fingerprint density at radius 1 is 1.54 bits per heavy atom. The molecule has 1 aliphatic rings. The first-order valence-corrected chi connectivity index (χ1v) is 4.61. The predicted octanol–water partition coefficient (Wildman–Crippen LogP) is -0.614. The lowest BCUT2D eigenvalue weighted by atomic mass is 9.92. The molecular weight excluding hydrogens is 166 g/mol. The Balaban J connectivity index is 2.19. The second kappa shape index (κ2) is 3.43. The highest BCUT2D eigenvalue weighted by Crippen LogP contribution is 2.21. The zero-order valence-corrected chi connectivity index (χ0v) is 7.72. The lowest BCUT2D eigenvalue weighted by Gasteiger charge is -2.34. The van der Waals surface area contributed by atoms with Crippen LogP contribution in [0.2, 0.25) is 0 Å². The molecule has 3 atom stereocenters. The van der Waals surface area contributed by atoms with E-state index in [-0.39, 0.29) is 12.1 Å². The molecule has 0 aliphatic carbocycles. The number of hydrogen-bond acceptors (Lipinski definition) is 4. The zero-order chi connectivity index (χ0) is 9.26. The van der Waals surface area contributed by atoms with E-state index in [0.717, 1.165) is 13.1 Å². The Bertz CT molecular complexity index is 248. The molecule has 2 heterocycles. The molecule has 0 spiro atoms. The Kier molecular flexibility index (Phi) is 2.28. The van der Waals surface area contributed by atoms with Crippen molar-refractivity contribution in [1.29, 1.82) is 0 Å². The summed E-state index contributed by atoms with van der Waals surface area (Å²) >= 11 is 0. The lowest BCUT2D eigenvalue weighted by Crippen LogP contribution is -2.51. The number of hydrogen-bond donors (Lipinski definition) is 2. The smallest absolute Gasteiger partial charge is 0.0737 e. The Labute approximate surface area is 77.3 Å². The highest BCUT2D eigenvalue weighted by molar-refractivity contribution is 4.89. The molecule has 3 N–H and O–H groups in total. The second-order valence-electron chi connectivity index (χ2n) is 3.67. The zero-order valence-electron chi connectivity index (χ0n) is 7.72. The Morgan fingerprint density at radius 2 is 2.38 bits per heavy atom. The van der Waals surface area contributed by atoms with E-state index < -0.39 is 0 Å². The fourth-order valence-electron chi connectivity index (χ4n) is 1.97. The minimum Gasteiger partial charge on any atom is -0.325 e. The third-order valence-electron chi connectivity index (χ3n) is 2.61. The molecule has 0 amide bonds. The Hall–Kier alpha value is -0.940. The maximum absolute atomic E-state index is 6.01. The number of rotatable bonds is 1. The number of nitrogens with zero attached hydrogens (tertiary/aromatic N) is 3. The van der Waals surface area contributed by atoms with Gasteiger partial charge in [0.25, 0.3) is 0 Å². The molecule has 0 aromatic carbocycles. The van der Waals surface area contributed by atoms with Gasteiger partial charge in [0, 0.05) is 18.8 Å². The molecule has 1 aromatic rings. The highest BCUT2D eigenvalue weighted by atomic mass is 15.4. The maximum atomic E-state index is 6.01. The van der Waals surface area contributed by atoms with Gasteiger partial charge in [-0.15, -0.1) is 5.10 Å². The van der Waals surface area contributed by atoms with Crippen molar-refractivity contribution in [2.75, 3.05) is 13.1 Å². The van der Waals surface area contributed by atoms with Gasteiger partial charge in [0.1, 0.15) is 0 Å². The normalized spacial score (nSPS) is 34.8. The quantitative estimate of drug-likeness (QED) is 0.606. The van der Waals surface area contributed by atoms with Gasteiger partial charge in [0.2, 0.25) is 0 Å². The van der Waals surface area contributed by atoms with Crippen LogP contribution in [0, 0.1) is 5.92 Å². The minimum atomic E-state index is 0.130. The van der Waals surface area contributed by atoms with Crippen LogP contribution in [0.5, 0.6) is 0 Å². The van der Waals surface area contributed by atoms with Crippen molar-refractivity contribution < 1.29 is 0 Å². The number of nitrogens with two attached hydrogens (primary N) is 1. The van der Waals surface area contributed by atoms with E-state index in [1.165, 1.54) is 0 Å². The second-order valence-corrected chi connectivity index (χ2v) is 3.67. The molecule has 1 aliphatic heterocycles. The van der Waals surface area contributed by atoms with Crippen molar-refractivity contribution in [3.8, 4) is 0 Å². The van der Waals surface area contributed by atoms with Gasteiger partial charge in [-0.25, -0.2) is 4.68 Å². The van der Waals surface area contributed by atoms with Crippen molar-refractivity contribution in [3.63, 3.8) is 0 Å². The number of piperidine rings is 1. The van der Waals surface area contributed by atoms with E-state index >= 15 is 0 Å². The van der Waals surface area contributed by atoms with Crippen molar-refractivity contribution in [2.45, 2.75) is 19.0 Å². The van der Waals surface area contributed by atoms with Gasteiger partial charge in [-0.1, -0.05) is 12.1 Å². The first-order chi connectivity index (χ1) is 6.29. The SMILES string of the molecule is C[C@H]1CNC[C@@H](N)[C@H]1n1ccnn1. The average molecular weight is 181 g/mol. The largest absolute Gasteiger partial charge is 0.325 e. The summed E-state index contributed by atoms with van der Waals surface area (Å²) in [5.41, 5.74) is 6.01. The van der Waals surface area contributed by atoms with Crippen LogP contribution >= 0.6 is 0 Å². The van der Waals surface area contributed by atoms with Crippen molar-refractivity contribution in [3.05, 3.63) is 12.4 Å². The molecule has 0 saturated carbocycles. The average Bonchev–Trinajstić information content (AvgIpc) is 2.57. The maximum Gasteiger partial charge on any atom is 0.0737 e. The van der Waals surface area contributed by atoms with E-state index in [2.05, 4.69) is 22.6 Å². The summed E-state index contributed by atoms with van der Waals surface area (Å²) in [4.78, 5) is 0. The van der Waals surface area contributed by atoms with Gasteiger partial charge in [0.15, 0.2) is 0 Å². The van der Waals surface area contributed by atoms with Crippen LogP contribution in [-0.4, -0.2) is 34.1 Å². The third-order valence-corrected chi connectivity index (χ3v) is 2.61. The summed E-state index contributed by atoms with van der Waals surface area (Å²) in [5, 5.41) is 11.1. The molecule has 1 saturated heterocycles. The molecule has 1 aromatic heterocycles. The van der Waals surface area contributed by atoms with E-state index in [0.29, 0.717) is 5.92 Å². The third kappa shape index (κ3) is 1.57. The summed E-state index contributed by atoms with van der Waals surface area (Å²) in [6, 6.07) is 0.411. The molecule has 0 radical (unpaired) electrons. The summed E-state index contributed by atoms with van der Waals surface area (Å²) in [6.07, 6.45) is 3.58. The van der Waals surface area contributed by atoms with Crippen LogP contribution in [0.15, 0.2) is 12.4 Å². The number of nitrogens with one attached hydrogen (secondary N) is 1. The van der Waals surface area contributed by atoms with Crippen molar-refractivity contribution in [1.82, 2.24) is 20.3 Å². The van der Waals surface area contributed by atoms with E-state index in [1.54, 1.807) is 6.20 Å². The number of aromatic nitrogens is 3. The molecule has 5 nitrogen and oxygen atoms in total. The topological polar surface area (TPSA) is 68.8 Å². The molecule has 1 fully saturated rings. The first-order valence-electron chi connectivity index (χ1n) is 4.61. The standard InChI is InChI=1S/C8H15N5/c1-6-4-10-5-7(9)8(6)13-3-2-11-12-13/h2-3,6-8,10H,4-5,9H2,1H3/t6-,7+,8-/m0/s1. The van der Waals surface area contributed by atoms with Crippen LogP contribution in [0.3, 0.4) is 0 Å². The van der Waals surface area contributed by atoms with E-state index in [1.807, 2.05) is 10.9 Å². The van der Waals surface area contributed by atoms with Crippen LogP contribution < -0.4 is 11.1 Å². The van der Waals surface area contributed by atoms with E-state index in [9.17, 15) is 0 Å². The molecular formula is C8H15N5. The van der Waals surface area contributed by atoms with Crippen LogP contribution in [-0.2, 0) is 0 Å². The van der Waals surface area contributed by atoms with Gasteiger partial charge < -0.3 is 11.1 Å². The fraction of sp³-hybridized carbons (Fsp3) is 0.750. The fourth-order valence-corrected chi connectivity index (χ4v) is 1.97. The monoisotopic (exact) mass is 181 g/mol. The van der Waals surface area contributed by atoms with Gasteiger partial charge in [-0.2, -0.15) is 0 Å². The predicted molar refractivity (Wildman–Crippen MR) is 49.1 cm³/mol. The molecule has 0 bridgehead atoms. The lowest BCUT2D eigenvalue weighted by molar-refractivity contribution is 0.220. The summed E-state index contributed by atoms with van der Waals surface area (Å²) in [5.74, 6) is 0.505. The van der Waals surface area contributed by atoms with Crippen molar-refractivity contribution in [2.24, 2.45) is 11.7 Å². The van der Waals surface area contributed by atoms with Gasteiger partial charge in [0.05, 0.1) is 12.2 Å². The minimum absolute atomic E-state index is 0.130. The van der Waals surface area contributed by atoms with Crippen LogP contribution in [0.25, 0.3) is 0 Å². The molecule has 0 unspecified atom stereocenters. The van der Waals surface area contributed by atoms with E-state index in [4.69, 9.17) is 5.73 Å². The van der Waals surface area contributed by atoms with Gasteiger partial charge in [-0.05, 0) is 12.5 Å². The first kappa shape index (κ1) is 8.65. The summed E-state index contributed by atoms with van der Waals surface area (Å²) < 4.78 is 1.87. The molecule has 5 heteroatoms. The molecule has 72 valence electrons.